The predicted octanol–water partition coefficient (Wildman–Crippen LogP) is 3.69. The zero-order valence-corrected chi connectivity index (χ0v) is 11.8. The van der Waals surface area contributed by atoms with E-state index in [-0.39, 0.29) is 0 Å². The number of allylic oxidation sites excluding steroid dienone is 1. The molecule has 2 aromatic carbocycles. The smallest absolute Gasteiger partial charge is 0.150 e. The molecule has 0 radical (unpaired) electrons. The lowest BCUT2D eigenvalue weighted by atomic mass is 10.1. The van der Waals surface area contributed by atoms with Crippen LogP contribution < -0.4 is 9.47 Å². The van der Waals surface area contributed by atoms with E-state index >= 15 is 0 Å². The third-order valence-corrected chi connectivity index (χ3v) is 2.94. The molecule has 0 saturated carbocycles. The third kappa shape index (κ3) is 4.49. The Morgan fingerprint density at radius 3 is 2.62 bits per heavy atom. The van der Waals surface area contributed by atoms with Gasteiger partial charge in [0.2, 0.25) is 0 Å². The summed E-state index contributed by atoms with van der Waals surface area (Å²) in [6.07, 6.45) is 3.43. The van der Waals surface area contributed by atoms with E-state index in [4.69, 9.17) is 9.47 Å². The second kappa shape index (κ2) is 7.90. The molecule has 0 aliphatic rings. The third-order valence-electron chi connectivity index (χ3n) is 2.94. The number of rotatable bonds is 8. The van der Waals surface area contributed by atoms with Gasteiger partial charge in [-0.25, -0.2) is 0 Å². The molecular weight excluding hydrogens is 264 g/mol. The number of carbonyl (C=O) groups excluding carboxylic acids is 1. The van der Waals surface area contributed by atoms with Gasteiger partial charge in [-0.3, -0.25) is 4.79 Å². The standard InChI is InChI=1S/C18H18O3/c1-2-6-16-8-3-4-10-18(16)21-12-11-20-17-9-5-7-15(13-17)14-19/h2-5,7-10,13-14H,1,6,11-12H2. The number of para-hydroxylation sites is 1. The Morgan fingerprint density at radius 1 is 1.00 bits per heavy atom. The predicted molar refractivity (Wildman–Crippen MR) is 83.2 cm³/mol. The van der Waals surface area contributed by atoms with E-state index < -0.39 is 0 Å². The highest BCUT2D eigenvalue weighted by molar-refractivity contribution is 5.75. The molecule has 0 saturated heterocycles. The minimum atomic E-state index is 0.421. The normalized spacial score (nSPS) is 9.90. The molecule has 3 nitrogen and oxygen atoms in total. The molecule has 0 fully saturated rings. The summed E-state index contributed by atoms with van der Waals surface area (Å²) < 4.78 is 11.3. The first-order valence-electron chi connectivity index (χ1n) is 6.83. The van der Waals surface area contributed by atoms with Crippen LogP contribution in [-0.4, -0.2) is 19.5 Å². The van der Waals surface area contributed by atoms with Crippen LogP contribution in [-0.2, 0) is 6.42 Å². The van der Waals surface area contributed by atoms with Crippen LogP contribution in [0.2, 0.25) is 0 Å². The fraction of sp³-hybridized carbons (Fsp3) is 0.167. The molecule has 2 rings (SSSR count). The van der Waals surface area contributed by atoms with Crippen molar-refractivity contribution in [3.63, 3.8) is 0 Å². The Labute approximate surface area is 124 Å². The average Bonchev–Trinajstić information content (AvgIpc) is 2.53. The summed E-state index contributed by atoms with van der Waals surface area (Å²) in [5.74, 6) is 1.52. The van der Waals surface area contributed by atoms with E-state index in [1.165, 1.54) is 0 Å². The fourth-order valence-corrected chi connectivity index (χ4v) is 1.96. The molecule has 0 N–H and O–H groups in total. The van der Waals surface area contributed by atoms with Crippen molar-refractivity contribution in [3.8, 4) is 11.5 Å². The molecule has 0 spiro atoms. The lowest BCUT2D eigenvalue weighted by Crippen LogP contribution is -2.10. The highest BCUT2D eigenvalue weighted by Gasteiger charge is 2.01. The van der Waals surface area contributed by atoms with Crippen molar-refractivity contribution in [3.05, 3.63) is 72.3 Å². The van der Waals surface area contributed by atoms with Crippen molar-refractivity contribution in [2.24, 2.45) is 0 Å². The number of hydrogen-bond donors (Lipinski definition) is 0. The molecule has 0 bridgehead atoms. The van der Waals surface area contributed by atoms with Gasteiger partial charge >= 0.3 is 0 Å². The molecule has 108 valence electrons. The van der Waals surface area contributed by atoms with Crippen molar-refractivity contribution >= 4 is 6.29 Å². The number of aldehydes is 1. The minimum absolute atomic E-state index is 0.421. The van der Waals surface area contributed by atoms with Crippen LogP contribution in [0.15, 0.2) is 61.2 Å². The van der Waals surface area contributed by atoms with Gasteiger partial charge in [0, 0.05) is 5.56 Å². The second-order valence-electron chi connectivity index (χ2n) is 4.49. The number of carbonyl (C=O) groups is 1. The van der Waals surface area contributed by atoms with Crippen molar-refractivity contribution in [1.29, 1.82) is 0 Å². The van der Waals surface area contributed by atoms with Gasteiger partial charge in [-0.15, -0.1) is 6.58 Å². The Bertz CT molecular complexity index is 605. The molecule has 0 atom stereocenters. The minimum Gasteiger partial charge on any atom is -0.490 e. The van der Waals surface area contributed by atoms with Gasteiger partial charge in [0.25, 0.3) is 0 Å². The first-order valence-corrected chi connectivity index (χ1v) is 6.83. The van der Waals surface area contributed by atoms with Crippen LogP contribution >= 0.6 is 0 Å². The van der Waals surface area contributed by atoms with Crippen LogP contribution in [0.25, 0.3) is 0 Å². The zero-order chi connectivity index (χ0) is 14.9. The quantitative estimate of drug-likeness (QED) is 0.421. The van der Waals surface area contributed by atoms with Crippen LogP contribution in [0.1, 0.15) is 15.9 Å². The summed E-state index contributed by atoms with van der Waals surface area (Å²) >= 11 is 0. The van der Waals surface area contributed by atoms with E-state index in [0.29, 0.717) is 24.5 Å². The van der Waals surface area contributed by atoms with Gasteiger partial charge in [0.05, 0.1) is 0 Å². The molecule has 3 heteroatoms. The summed E-state index contributed by atoms with van der Waals surface area (Å²) in [5.41, 5.74) is 1.71. The summed E-state index contributed by atoms with van der Waals surface area (Å²) in [6, 6.07) is 14.9. The van der Waals surface area contributed by atoms with Gasteiger partial charge in [-0.05, 0) is 30.2 Å². The topological polar surface area (TPSA) is 35.5 Å². The van der Waals surface area contributed by atoms with Gasteiger partial charge in [-0.2, -0.15) is 0 Å². The van der Waals surface area contributed by atoms with Crippen LogP contribution in [0.5, 0.6) is 11.5 Å². The summed E-state index contributed by atoms with van der Waals surface area (Å²) in [7, 11) is 0. The fourth-order valence-electron chi connectivity index (χ4n) is 1.96. The second-order valence-corrected chi connectivity index (χ2v) is 4.49. The highest BCUT2D eigenvalue weighted by atomic mass is 16.5. The van der Waals surface area contributed by atoms with Crippen molar-refractivity contribution in [1.82, 2.24) is 0 Å². The molecule has 0 unspecified atom stereocenters. The van der Waals surface area contributed by atoms with Gasteiger partial charge in [0.15, 0.2) is 0 Å². The molecule has 0 aliphatic carbocycles. The van der Waals surface area contributed by atoms with Crippen LogP contribution in [0.3, 0.4) is 0 Å². The van der Waals surface area contributed by atoms with Crippen molar-refractivity contribution in [2.75, 3.05) is 13.2 Å². The molecule has 0 aromatic heterocycles. The van der Waals surface area contributed by atoms with Gasteiger partial charge in [-0.1, -0.05) is 36.4 Å². The Morgan fingerprint density at radius 2 is 1.81 bits per heavy atom. The molecule has 21 heavy (non-hydrogen) atoms. The van der Waals surface area contributed by atoms with E-state index in [1.807, 2.05) is 36.4 Å². The number of ether oxygens (including phenoxy) is 2. The lowest BCUT2D eigenvalue weighted by molar-refractivity contribution is 0.112. The SMILES string of the molecule is C=CCc1ccccc1OCCOc1cccc(C=O)c1. The average molecular weight is 282 g/mol. The molecule has 2 aromatic rings. The maximum Gasteiger partial charge on any atom is 0.150 e. The molecule has 0 aliphatic heterocycles. The van der Waals surface area contributed by atoms with E-state index in [1.54, 1.807) is 18.2 Å². The molecule has 0 amide bonds. The Balaban J connectivity index is 1.84. The van der Waals surface area contributed by atoms with Gasteiger partial charge < -0.3 is 9.47 Å². The monoisotopic (exact) mass is 282 g/mol. The Hall–Kier alpha value is -2.55. The Kier molecular flexibility index (Phi) is 5.59. The van der Waals surface area contributed by atoms with E-state index in [0.717, 1.165) is 24.0 Å². The maximum absolute atomic E-state index is 10.7. The maximum atomic E-state index is 10.7. The lowest BCUT2D eigenvalue weighted by Gasteiger charge is -2.11. The van der Waals surface area contributed by atoms with Gasteiger partial charge in [0.1, 0.15) is 31.0 Å². The first-order chi connectivity index (χ1) is 10.3. The summed E-state index contributed by atoms with van der Waals surface area (Å²) in [6.45, 7) is 4.61. The number of hydrogen-bond acceptors (Lipinski definition) is 3. The van der Waals surface area contributed by atoms with E-state index in [9.17, 15) is 4.79 Å². The summed E-state index contributed by atoms with van der Waals surface area (Å²) in [5, 5.41) is 0. The summed E-state index contributed by atoms with van der Waals surface area (Å²) in [4.78, 5) is 10.7. The van der Waals surface area contributed by atoms with Crippen LogP contribution in [0, 0.1) is 0 Å². The van der Waals surface area contributed by atoms with Crippen LogP contribution in [0.4, 0.5) is 0 Å². The van der Waals surface area contributed by atoms with Crippen molar-refractivity contribution in [2.45, 2.75) is 6.42 Å². The van der Waals surface area contributed by atoms with Crippen molar-refractivity contribution < 1.29 is 14.3 Å². The largest absolute Gasteiger partial charge is 0.490 e. The molecular formula is C18H18O3. The number of benzene rings is 2. The molecule has 0 heterocycles. The van der Waals surface area contributed by atoms with E-state index in [2.05, 4.69) is 6.58 Å². The highest BCUT2D eigenvalue weighted by Crippen LogP contribution is 2.19. The first kappa shape index (κ1) is 14.9. The zero-order valence-electron chi connectivity index (χ0n) is 11.8.